The number of benzene rings is 2. The molecular formula is C16H17ClFNO. The first-order chi connectivity index (χ1) is 9.52. The SMILES string of the molecule is CCN(c1ccc(F)cc1)c1ccc([C@@H](C)O)cc1Cl. The first kappa shape index (κ1) is 14.8. The first-order valence-corrected chi connectivity index (χ1v) is 6.91. The molecule has 0 fully saturated rings. The van der Waals surface area contributed by atoms with Gasteiger partial charge in [0.15, 0.2) is 0 Å². The molecule has 0 heterocycles. The summed E-state index contributed by atoms with van der Waals surface area (Å²) in [6.07, 6.45) is -0.553. The average molecular weight is 294 g/mol. The number of aliphatic hydroxyl groups excluding tert-OH is 1. The van der Waals surface area contributed by atoms with Crippen molar-refractivity contribution in [3.63, 3.8) is 0 Å². The average Bonchev–Trinajstić information content (AvgIpc) is 2.43. The second-order valence-electron chi connectivity index (χ2n) is 4.61. The predicted molar refractivity (Wildman–Crippen MR) is 81.2 cm³/mol. The van der Waals surface area contributed by atoms with Gasteiger partial charge in [-0.2, -0.15) is 0 Å². The maximum absolute atomic E-state index is 13.0. The molecule has 0 unspecified atom stereocenters. The lowest BCUT2D eigenvalue weighted by Gasteiger charge is -2.25. The second kappa shape index (κ2) is 6.25. The number of nitrogens with zero attached hydrogens (tertiary/aromatic N) is 1. The summed E-state index contributed by atoms with van der Waals surface area (Å²) in [6.45, 7) is 4.41. The highest BCUT2D eigenvalue weighted by Crippen LogP contribution is 2.33. The van der Waals surface area contributed by atoms with Gasteiger partial charge in [0, 0.05) is 12.2 Å². The molecule has 0 saturated carbocycles. The van der Waals surface area contributed by atoms with E-state index < -0.39 is 6.10 Å². The van der Waals surface area contributed by atoms with Crippen molar-refractivity contribution >= 4 is 23.0 Å². The van der Waals surface area contributed by atoms with Crippen LogP contribution in [0.4, 0.5) is 15.8 Å². The maximum atomic E-state index is 13.0. The summed E-state index contributed by atoms with van der Waals surface area (Å²) in [5, 5.41) is 10.1. The van der Waals surface area contributed by atoms with Gasteiger partial charge in [-0.15, -0.1) is 0 Å². The molecule has 0 spiro atoms. The fourth-order valence-corrected chi connectivity index (χ4v) is 2.41. The van der Waals surface area contributed by atoms with Crippen LogP contribution in [-0.4, -0.2) is 11.7 Å². The molecule has 0 aliphatic heterocycles. The Hall–Kier alpha value is -1.58. The Kier molecular flexibility index (Phi) is 4.63. The van der Waals surface area contributed by atoms with E-state index in [0.29, 0.717) is 11.6 Å². The maximum Gasteiger partial charge on any atom is 0.123 e. The van der Waals surface area contributed by atoms with Crippen LogP contribution in [-0.2, 0) is 0 Å². The summed E-state index contributed by atoms with van der Waals surface area (Å²) >= 11 is 6.30. The van der Waals surface area contributed by atoms with Crippen LogP contribution in [0.3, 0.4) is 0 Å². The van der Waals surface area contributed by atoms with Gasteiger partial charge in [-0.25, -0.2) is 4.39 Å². The minimum absolute atomic E-state index is 0.264. The predicted octanol–water partition coefficient (Wildman–Crippen LogP) is 4.69. The summed E-state index contributed by atoms with van der Waals surface area (Å²) in [5.74, 6) is -0.264. The molecular weight excluding hydrogens is 277 g/mol. The lowest BCUT2D eigenvalue weighted by atomic mass is 10.1. The van der Waals surface area contributed by atoms with Gasteiger partial charge in [0.05, 0.1) is 16.8 Å². The highest BCUT2D eigenvalue weighted by Gasteiger charge is 2.13. The lowest BCUT2D eigenvalue weighted by Crippen LogP contribution is -2.16. The van der Waals surface area contributed by atoms with E-state index in [1.807, 2.05) is 24.0 Å². The zero-order valence-electron chi connectivity index (χ0n) is 11.5. The summed E-state index contributed by atoms with van der Waals surface area (Å²) in [5.41, 5.74) is 2.49. The molecule has 2 aromatic carbocycles. The van der Waals surface area contributed by atoms with Crippen molar-refractivity contribution in [2.75, 3.05) is 11.4 Å². The molecule has 2 rings (SSSR count). The summed E-state index contributed by atoms with van der Waals surface area (Å²) in [7, 11) is 0. The third kappa shape index (κ3) is 3.11. The molecule has 0 bridgehead atoms. The molecule has 2 nitrogen and oxygen atoms in total. The highest BCUT2D eigenvalue weighted by molar-refractivity contribution is 6.33. The molecule has 0 aliphatic rings. The molecule has 1 atom stereocenters. The quantitative estimate of drug-likeness (QED) is 0.884. The van der Waals surface area contributed by atoms with Crippen LogP contribution < -0.4 is 4.90 Å². The van der Waals surface area contributed by atoms with Crippen LogP contribution in [0, 0.1) is 5.82 Å². The van der Waals surface area contributed by atoms with Gasteiger partial charge in [-0.05, 0) is 55.8 Å². The number of anilines is 2. The smallest absolute Gasteiger partial charge is 0.123 e. The minimum Gasteiger partial charge on any atom is -0.389 e. The van der Waals surface area contributed by atoms with E-state index in [-0.39, 0.29) is 5.82 Å². The van der Waals surface area contributed by atoms with E-state index in [1.54, 1.807) is 25.1 Å². The number of hydrogen-bond acceptors (Lipinski definition) is 2. The Balaban J connectivity index is 2.39. The van der Waals surface area contributed by atoms with Gasteiger partial charge in [0.1, 0.15) is 5.82 Å². The first-order valence-electron chi connectivity index (χ1n) is 6.53. The number of hydrogen-bond donors (Lipinski definition) is 1. The zero-order valence-corrected chi connectivity index (χ0v) is 12.2. The van der Waals surface area contributed by atoms with Gasteiger partial charge < -0.3 is 10.0 Å². The van der Waals surface area contributed by atoms with Crippen molar-refractivity contribution in [3.8, 4) is 0 Å². The van der Waals surface area contributed by atoms with Crippen molar-refractivity contribution in [1.29, 1.82) is 0 Å². The number of aliphatic hydroxyl groups is 1. The van der Waals surface area contributed by atoms with Crippen molar-refractivity contribution in [1.82, 2.24) is 0 Å². The molecule has 0 saturated heterocycles. The van der Waals surface area contributed by atoms with Crippen LogP contribution in [0.2, 0.25) is 5.02 Å². The van der Waals surface area contributed by atoms with Crippen molar-refractivity contribution < 1.29 is 9.50 Å². The monoisotopic (exact) mass is 293 g/mol. The molecule has 0 aromatic heterocycles. The van der Waals surface area contributed by atoms with Gasteiger partial charge in [-0.3, -0.25) is 0 Å². The molecule has 2 aromatic rings. The largest absolute Gasteiger partial charge is 0.389 e. The number of halogens is 2. The molecule has 0 radical (unpaired) electrons. The van der Waals surface area contributed by atoms with E-state index in [0.717, 1.165) is 16.9 Å². The summed E-state index contributed by atoms with van der Waals surface area (Å²) in [4.78, 5) is 1.99. The summed E-state index contributed by atoms with van der Waals surface area (Å²) < 4.78 is 13.0. The Labute approximate surface area is 123 Å². The van der Waals surface area contributed by atoms with Gasteiger partial charge in [-0.1, -0.05) is 17.7 Å². The molecule has 0 aliphatic carbocycles. The molecule has 106 valence electrons. The Bertz CT molecular complexity index is 584. The van der Waals surface area contributed by atoms with E-state index in [1.165, 1.54) is 12.1 Å². The van der Waals surface area contributed by atoms with E-state index in [9.17, 15) is 9.50 Å². The van der Waals surface area contributed by atoms with Crippen LogP contribution >= 0.6 is 11.6 Å². The van der Waals surface area contributed by atoms with Gasteiger partial charge in [0.2, 0.25) is 0 Å². The fourth-order valence-electron chi connectivity index (χ4n) is 2.11. The lowest BCUT2D eigenvalue weighted by molar-refractivity contribution is 0.199. The van der Waals surface area contributed by atoms with Gasteiger partial charge in [0.25, 0.3) is 0 Å². The normalized spacial score (nSPS) is 12.2. The van der Waals surface area contributed by atoms with E-state index >= 15 is 0 Å². The number of rotatable bonds is 4. The molecule has 4 heteroatoms. The van der Waals surface area contributed by atoms with Crippen LogP contribution in [0.5, 0.6) is 0 Å². The van der Waals surface area contributed by atoms with Crippen LogP contribution in [0.25, 0.3) is 0 Å². The van der Waals surface area contributed by atoms with Crippen molar-refractivity contribution in [2.24, 2.45) is 0 Å². The van der Waals surface area contributed by atoms with Crippen LogP contribution in [0.15, 0.2) is 42.5 Å². The van der Waals surface area contributed by atoms with Crippen molar-refractivity contribution in [2.45, 2.75) is 20.0 Å². The zero-order chi connectivity index (χ0) is 14.7. The summed E-state index contributed by atoms with van der Waals surface area (Å²) in [6, 6.07) is 11.8. The second-order valence-corrected chi connectivity index (χ2v) is 5.01. The van der Waals surface area contributed by atoms with Crippen LogP contribution in [0.1, 0.15) is 25.5 Å². The Morgan fingerprint density at radius 2 is 1.85 bits per heavy atom. The standard InChI is InChI=1S/C16H17ClFNO/c1-3-19(14-7-5-13(18)6-8-14)16-9-4-12(11(2)20)10-15(16)17/h4-11,20H,3H2,1-2H3/t11-/m1/s1. The topological polar surface area (TPSA) is 23.5 Å². The molecule has 1 N–H and O–H groups in total. The van der Waals surface area contributed by atoms with Gasteiger partial charge >= 0.3 is 0 Å². The Morgan fingerprint density at radius 3 is 2.35 bits per heavy atom. The fraction of sp³-hybridized carbons (Fsp3) is 0.250. The minimum atomic E-state index is -0.553. The molecule has 0 amide bonds. The third-order valence-corrected chi connectivity index (χ3v) is 3.50. The van der Waals surface area contributed by atoms with E-state index in [2.05, 4.69) is 0 Å². The highest BCUT2D eigenvalue weighted by atomic mass is 35.5. The Morgan fingerprint density at radius 1 is 1.20 bits per heavy atom. The van der Waals surface area contributed by atoms with Crippen molar-refractivity contribution in [3.05, 3.63) is 58.9 Å². The molecule has 20 heavy (non-hydrogen) atoms. The van der Waals surface area contributed by atoms with E-state index in [4.69, 9.17) is 11.6 Å². The third-order valence-electron chi connectivity index (χ3n) is 3.20.